The first kappa shape index (κ1) is 14.6. The molecule has 0 bridgehead atoms. The predicted molar refractivity (Wildman–Crippen MR) is 80.8 cm³/mol. The van der Waals surface area contributed by atoms with Crippen molar-refractivity contribution < 1.29 is 8.42 Å². The highest BCUT2D eigenvalue weighted by molar-refractivity contribution is 9.10. The van der Waals surface area contributed by atoms with Crippen molar-refractivity contribution in [1.82, 2.24) is 0 Å². The summed E-state index contributed by atoms with van der Waals surface area (Å²) in [6.07, 6.45) is 0. The molecule has 4 nitrogen and oxygen atoms in total. The van der Waals surface area contributed by atoms with E-state index in [4.69, 9.17) is 5.26 Å². The largest absolute Gasteiger partial charge is 0.280 e. The van der Waals surface area contributed by atoms with Crippen LogP contribution in [0.15, 0.2) is 51.8 Å². The highest BCUT2D eigenvalue weighted by atomic mass is 79.9. The Morgan fingerprint density at radius 1 is 1.15 bits per heavy atom. The van der Waals surface area contributed by atoms with Gasteiger partial charge < -0.3 is 0 Å². The summed E-state index contributed by atoms with van der Waals surface area (Å²) in [4.78, 5) is 0.174. The molecule has 2 rings (SSSR count). The molecule has 0 fully saturated rings. The molecule has 1 N–H and O–H groups in total. The maximum atomic E-state index is 12.3. The number of sulfonamides is 1. The van der Waals surface area contributed by atoms with Gasteiger partial charge in [0.25, 0.3) is 10.0 Å². The lowest BCUT2D eigenvalue weighted by atomic mass is 10.2. The van der Waals surface area contributed by atoms with E-state index in [9.17, 15) is 8.42 Å². The molecule has 102 valence electrons. The van der Waals surface area contributed by atoms with Crippen molar-refractivity contribution in [2.45, 2.75) is 11.8 Å². The van der Waals surface area contributed by atoms with Crippen LogP contribution in [0.3, 0.4) is 0 Å². The molecule has 0 atom stereocenters. The predicted octanol–water partition coefficient (Wildman–Crippen LogP) is 3.43. The molecule has 0 aliphatic rings. The van der Waals surface area contributed by atoms with E-state index in [0.717, 1.165) is 5.56 Å². The van der Waals surface area contributed by atoms with E-state index in [-0.39, 0.29) is 4.90 Å². The Labute approximate surface area is 126 Å². The number of hydrogen-bond acceptors (Lipinski definition) is 3. The van der Waals surface area contributed by atoms with Gasteiger partial charge in [-0.25, -0.2) is 8.42 Å². The lowest BCUT2D eigenvalue weighted by Crippen LogP contribution is -2.13. The molecular formula is C14H11BrN2O2S. The molecule has 0 aliphatic carbocycles. The molecule has 0 aliphatic heterocycles. The van der Waals surface area contributed by atoms with Gasteiger partial charge in [0, 0.05) is 10.2 Å². The van der Waals surface area contributed by atoms with Gasteiger partial charge in [-0.3, -0.25) is 4.72 Å². The van der Waals surface area contributed by atoms with Crippen LogP contribution in [0.4, 0.5) is 5.69 Å². The first-order chi connectivity index (χ1) is 9.42. The Morgan fingerprint density at radius 2 is 1.80 bits per heavy atom. The molecular weight excluding hydrogens is 340 g/mol. The Morgan fingerprint density at radius 3 is 2.35 bits per heavy atom. The minimum absolute atomic E-state index is 0.174. The molecule has 6 heteroatoms. The fourth-order valence-electron chi connectivity index (χ4n) is 1.65. The van der Waals surface area contributed by atoms with Crippen molar-refractivity contribution in [1.29, 1.82) is 5.26 Å². The van der Waals surface area contributed by atoms with E-state index in [0.29, 0.717) is 15.7 Å². The molecule has 2 aromatic rings. The van der Waals surface area contributed by atoms with Crippen LogP contribution in [0, 0.1) is 18.3 Å². The van der Waals surface area contributed by atoms with E-state index >= 15 is 0 Å². The van der Waals surface area contributed by atoms with Crippen LogP contribution < -0.4 is 4.72 Å². The van der Waals surface area contributed by atoms with Crippen molar-refractivity contribution in [3.63, 3.8) is 0 Å². The van der Waals surface area contributed by atoms with E-state index in [2.05, 4.69) is 20.7 Å². The lowest BCUT2D eigenvalue weighted by Gasteiger charge is -2.10. The summed E-state index contributed by atoms with van der Waals surface area (Å²) in [5, 5.41) is 8.71. The molecule has 0 amide bonds. The average Bonchev–Trinajstić information content (AvgIpc) is 2.38. The van der Waals surface area contributed by atoms with Crippen LogP contribution in [0.1, 0.15) is 11.1 Å². The number of hydrogen-bond donors (Lipinski definition) is 1. The zero-order chi connectivity index (χ0) is 14.8. The monoisotopic (exact) mass is 350 g/mol. The first-order valence-corrected chi connectivity index (χ1v) is 7.99. The Kier molecular flexibility index (Phi) is 4.12. The molecule has 20 heavy (non-hydrogen) atoms. The molecule has 0 radical (unpaired) electrons. The molecule has 2 aromatic carbocycles. The summed E-state index contributed by atoms with van der Waals surface area (Å²) >= 11 is 3.26. The fourth-order valence-corrected chi connectivity index (χ4v) is 3.90. The fraction of sp³-hybridized carbons (Fsp3) is 0.0714. The molecule has 0 unspecified atom stereocenters. The van der Waals surface area contributed by atoms with Crippen molar-refractivity contribution in [3.8, 4) is 6.07 Å². The molecule has 0 heterocycles. The summed E-state index contributed by atoms with van der Waals surface area (Å²) < 4.78 is 27.6. The smallest absolute Gasteiger partial charge is 0.263 e. The van der Waals surface area contributed by atoms with E-state index < -0.39 is 10.0 Å². The van der Waals surface area contributed by atoms with Crippen molar-refractivity contribution in [2.24, 2.45) is 0 Å². The second kappa shape index (κ2) is 5.65. The quantitative estimate of drug-likeness (QED) is 0.921. The SMILES string of the molecule is Cc1ccc(S(=O)(=O)Nc2ccc(C#N)cc2)c(Br)c1. The highest BCUT2D eigenvalue weighted by Gasteiger charge is 2.17. The molecule has 0 spiro atoms. The zero-order valence-electron chi connectivity index (χ0n) is 10.6. The summed E-state index contributed by atoms with van der Waals surface area (Å²) in [6.45, 7) is 1.88. The number of benzene rings is 2. The van der Waals surface area contributed by atoms with Crippen molar-refractivity contribution in [2.75, 3.05) is 4.72 Å². The standard InChI is InChI=1S/C14H11BrN2O2S/c1-10-2-7-14(13(15)8-10)20(18,19)17-12-5-3-11(9-16)4-6-12/h2-8,17H,1H3. The van der Waals surface area contributed by atoms with Gasteiger partial charge >= 0.3 is 0 Å². The summed E-state index contributed by atoms with van der Waals surface area (Å²) in [5.74, 6) is 0. The van der Waals surface area contributed by atoms with Gasteiger partial charge in [-0.15, -0.1) is 0 Å². The minimum Gasteiger partial charge on any atom is -0.280 e. The number of nitriles is 1. The highest BCUT2D eigenvalue weighted by Crippen LogP contribution is 2.25. The number of aryl methyl sites for hydroxylation is 1. The van der Waals surface area contributed by atoms with E-state index in [1.807, 2.05) is 13.0 Å². The van der Waals surface area contributed by atoms with Crippen LogP contribution in [0.2, 0.25) is 0 Å². The van der Waals surface area contributed by atoms with Gasteiger partial charge in [0.15, 0.2) is 0 Å². The topological polar surface area (TPSA) is 70.0 Å². The van der Waals surface area contributed by atoms with E-state index in [1.165, 1.54) is 0 Å². The molecule has 0 aromatic heterocycles. The second-order valence-corrected chi connectivity index (χ2v) is 6.73. The number of nitrogens with one attached hydrogen (secondary N) is 1. The number of nitrogens with zero attached hydrogens (tertiary/aromatic N) is 1. The van der Waals surface area contributed by atoms with Gasteiger partial charge in [-0.2, -0.15) is 5.26 Å². The summed E-state index contributed by atoms with van der Waals surface area (Å²) in [6, 6.07) is 13.2. The van der Waals surface area contributed by atoms with Crippen LogP contribution in [-0.2, 0) is 10.0 Å². The summed E-state index contributed by atoms with van der Waals surface area (Å²) in [7, 11) is -3.66. The Hall–Kier alpha value is -1.84. The number of rotatable bonds is 3. The lowest BCUT2D eigenvalue weighted by molar-refractivity contribution is 0.600. The second-order valence-electron chi connectivity index (χ2n) is 4.23. The van der Waals surface area contributed by atoms with Gasteiger partial charge in [-0.05, 0) is 64.8 Å². The third kappa shape index (κ3) is 3.18. The maximum absolute atomic E-state index is 12.3. The number of halogens is 1. The summed E-state index contributed by atoms with van der Waals surface area (Å²) in [5.41, 5.74) is 1.86. The van der Waals surface area contributed by atoms with Crippen LogP contribution in [0.25, 0.3) is 0 Å². The number of anilines is 1. The van der Waals surface area contributed by atoms with Crippen LogP contribution in [0.5, 0.6) is 0 Å². The van der Waals surface area contributed by atoms with Gasteiger partial charge in [0.2, 0.25) is 0 Å². The van der Waals surface area contributed by atoms with Gasteiger partial charge in [-0.1, -0.05) is 6.07 Å². The van der Waals surface area contributed by atoms with Crippen molar-refractivity contribution in [3.05, 3.63) is 58.1 Å². The van der Waals surface area contributed by atoms with E-state index in [1.54, 1.807) is 42.5 Å². The third-order valence-electron chi connectivity index (χ3n) is 2.64. The Bertz CT molecular complexity index is 778. The van der Waals surface area contributed by atoms with Crippen LogP contribution in [-0.4, -0.2) is 8.42 Å². The average molecular weight is 351 g/mol. The van der Waals surface area contributed by atoms with Crippen LogP contribution >= 0.6 is 15.9 Å². The molecule has 0 saturated carbocycles. The van der Waals surface area contributed by atoms with Gasteiger partial charge in [0.05, 0.1) is 11.6 Å². The first-order valence-electron chi connectivity index (χ1n) is 5.71. The minimum atomic E-state index is -3.66. The zero-order valence-corrected chi connectivity index (χ0v) is 13.0. The van der Waals surface area contributed by atoms with Gasteiger partial charge in [0.1, 0.15) is 4.90 Å². The third-order valence-corrected chi connectivity index (χ3v) is 5.00. The van der Waals surface area contributed by atoms with Crippen molar-refractivity contribution >= 4 is 31.6 Å². The molecule has 0 saturated heterocycles. The maximum Gasteiger partial charge on any atom is 0.263 e. The normalized spacial score (nSPS) is 10.8. The Balaban J connectivity index is 2.33.